The molecule has 0 saturated heterocycles. The van der Waals surface area contributed by atoms with Gasteiger partial charge in [0.15, 0.2) is 6.04 Å². The van der Waals surface area contributed by atoms with Crippen molar-refractivity contribution in [2.75, 3.05) is 13.2 Å². The van der Waals surface area contributed by atoms with Crippen molar-refractivity contribution in [2.45, 2.75) is 57.0 Å². The van der Waals surface area contributed by atoms with Crippen molar-refractivity contribution in [2.24, 2.45) is 0 Å². The molecule has 1 aromatic carbocycles. The van der Waals surface area contributed by atoms with E-state index >= 15 is 0 Å². The van der Waals surface area contributed by atoms with Gasteiger partial charge in [0.25, 0.3) is 5.91 Å². The molecule has 2 rings (SSSR count). The summed E-state index contributed by atoms with van der Waals surface area (Å²) in [6.45, 7) is -0.276. The van der Waals surface area contributed by atoms with Crippen LogP contribution in [0.3, 0.4) is 0 Å². The first-order valence-corrected chi connectivity index (χ1v) is 12.3. The lowest BCUT2D eigenvalue weighted by Gasteiger charge is -2.24. The molecule has 16 heteroatoms. The molecule has 40 heavy (non-hydrogen) atoms. The van der Waals surface area contributed by atoms with Gasteiger partial charge in [0.2, 0.25) is 0 Å². The molecule has 1 heterocycles. The summed E-state index contributed by atoms with van der Waals surface area (Å²) in [7, 11) is 0. The number of carboxylic acid groups (broad SMARTS) is 3. The molecule has 3 amide bonds. The average Bonchev–Trinajstić information content (AvgIpc) is 3.39. The SMILES string of the molecule is O=C(O)CC[C@H](NC(=O)N(O)[C@@H](CCCCNC(=O)c1ccc(-n2cc(CCCF)nn2)cc1)C(=O)O)C(=O)O. The molecular weight excluding hydrogens is 535 g/mol. The van der Waals surface area contributed by atoms with E-state index in [4.69, 9.17) is 10.2 Å². The molecule has 0 aliphatic rings. The van der Waals surface area contributed by atoms with Crippen molar-refractivity contribution in [3.63, 3.8) is 0 Å². The third-order valence-electron chi connectivity index (χ3n) is 5.72. The Balaban J connectivity index is 1.80. The fourth-order valence-electron chi connectivity index (χ4n) is 3.55. The second-order valence-electron chi connectivity index (χ2n) is 8.72. The topological polar surface area (TPSA) is 224 Å². The van der Waals surface area contributed by atoms with Crippen LogP contribution in [0.25, 0.3) is 5.69 Å². The van der Waals surface area contributed by atoms with Crippen molar-refractivity contribution >= 4 is 29.8 Å². The van der Waals surface area contributed by atoms with Gasteiger partial charge in [-0.1, -0.05) is 5.21 Å². The number of halogens is 1. The zero-order valence-electron chi connectivity index (χ0n) is 21.4. The van der Waals surface area contributed by atoms with Gasteiger partial charge in [-0.15, -0.1) is 5.10 Å². The van der Waals surface area contributed by atoms with Crippen LogP contribution >= 0.6 is 0 Å². The van der Waals surface area contributed by atoms with Crippen molar-refractivity contribution in [3.8, 4) is 5.69 Å². The zero-order valence-corrected chi connectivity index (χ0v) is 21.4. The molecule has 0 bridgehead atoms. The number of urea groups is 1. The first-order valence-electron chi connectivity index (χ1n) is 12.3. The summed E-state index contributed by atoms with van der Waals surface area (Å²) in [5.74, 6) is -4.76. The number of benzene rings is 1. The van der Waals surface area contributed by atoms with Crippen LogP contribution in [0.15, 0.2) is 30.5 Å². The van der Waals surface area contributed by atoms with Crippen molar-refractivity contribution in [3.05, 3.63) is 41.7 Å². The quantitative estimate of drug-likeness (QED) is 0.0907. The first-order chi connectivity index (χ1) is 19.0. The Kier molecular flexibility index (Phi) is 12.4. The van der Waals surface area contributed by atoms with Crippen LogP contribution in [0.1, 0.15) is 54.6 Å². The summed E-state index contributed by atoms with van der Waals surface area (Å²) in [5, 5.41) is 49.6. The Labute approximate surface area is 227 Å². The molecule has 0 aliphatic heterocycles. The Morgan fingerprint density at radius 1 is 0.975 bits per heavy atom. The van der Waals surface area contributed by atoms with Crippen molar-refractivity contribution in [1.82, 2.24) is 30.7 Å². The highest BCUT2D eigenvalue weighted by atomic mass is 19.1. The van der Waals surface area contributed by atoms with Crippen LogP contribution in [0.4, 0.5) is 9.18 Å². The summed E-state index contributed by atoms with van der Waals surface area (Å²) in [5.41, 5.74) is 1.66. The number of carbonyl (C=O) groups excluding carboxylic acids is 2. The van der Waals surface area contributed by atoms with Crippen LogP contribution < -0.4 is 10.6 Å². The van der Waals surface area contributed by atoms with Gasteiger partial charge in [-0.3, -0.25) is 19.2 Å². The number of hydrogen-bond acceptors (Lipinski definition) is 8. The Morgan fingerprint density at radius 2 is 1.68 bits per heavy atom. The number of aryl methyl sites for hydroxylation is 1. The van der Waals surface area contributed by atoms with Crippen molar-refractivity contribution < 1.29 is 48.9 Å². The number of hydroxylamine groups is 2. The summed E-state index contributed by atoms with van der Waals surface area (Å²) in [4.78, 5) is 58.0. The monoisotopic (exact) mass is 566 g/mol. The molecular formula is C24H31FN6O9. The van der Waals surface area contributed by atoms with Gasteiger partial charge in [-0.05, 0) is 62.8 Å². The van der Waals surface area contributed by atoms with Crippen LogP contribution in [0.5, 0.6) is 0 Å². The highest BCUT2D eigenvalue weighted by Gasteiger charge is 2.31. The van der Waals surface area contributed by atoms with E-state index in [2.05, 4.69) is 15.6 Å². The molecule has 0 saturated carbocycles. The zero-order chi connectivity index (χ0) is 29.7. The minimum absolute atomic E-state index is 0.141. The number of aromatic nitrogens is 3. The minimum Gasteiger partial charge on any atom is -0.481 e. The lowest BCUT2D eigenvalue weighted by Crippen LogP contribution is -2.52. The standard InChI is InChI=1S/C24H31FN6O9/c25-12-3-4-16-14-30(29-28-16)17-8-6-15(7-9-17)21(34)26-13-2-1-5-19(23(37)38)31(40)24(39)27-18(22(35)36)10-11-20(32)33/h6-9,14,18-19,40H,1-5,10-13H2,(H,26,34)(H,27,39)(H,32,33)(H,35,36)(H,37,38)/t18-,19-/m0/s1. The van der Waals surface area contributed by atoms with E-state index in [9.17, 15) is 38.7 Å². The Bertz CT molecular complexity index is 1170. The van der Waals surface area contributed by atoms with E-state index in [-0.39, 0.29) is 30.4 Å². The number of amides is 3. The fourth-order valence-corrected chi connectivity index (χ4v) is 3.55. The molecule has 0 aliphatic carbocycles. The molecule has 15 nitrogen and oxygen atoms in total. The predicted octanol–water partition coefficient (Wildman–Crippen LogP) is 1.24. The number of carboxylic acids is 3. The molecule has 0 spiro atoms. The molecule has 0 radical (unpaired) electrons. The van der Waals surface area contributed by atoms with Gasteiger partial charge >= 0.3 is 23.9 Å². The number of carbonyl (C=O) groups is 5. The second-order valence-corrected chi connectivity index (χ2v) is 8.72. The largest absolute Gasteiger partial charge is 0.481 e. The van der Waals surface area contributed by atoms with E-state index in [0.29, 0.717) is 36.2 Å². The van der Waals surface area contributed by atoms with Crippen molar-refractivity contribution in [1.29, 1.82) is 0 Å². The van der Waals surface area contributed by atoms with Gasteiger partial charge in [0, 0.05) is 18.5 Å². The summed E-state index contributed by atoms with van der Waals surface area (Å²) < 4.78 is 13.8. The highest BCUT2D eigenvalue weighted by molar-refractivity contribution is 5.94. The van der Waals surface area contributed by atoms with E-state index in [1.807, 2.05) is 5.32 Å². The second kappa shape index (κ2) is 15.7. The molecule has 0 unspecified atom stereocenters. The lowest BCUT2D eigenvalue weighted by atomic mass is 10.1. The lowest BCUT2D eigenvalue weighted by molar-refractivity contribution is -0.157. The maximum absolute atomic E-state index is 12.4. The molecule has 2 atom stereocenters. The Morgan fingerprint density at radius 3 is 2.27 bits per heavy atom. The normalized spacial score (nSPS) is 12.2. The van der Waals surface area contributed by atoms with E-state index < -0.39 is 55.5 Å². The van der Waals surface area contributed by atoms with Crippen LogP contribution in [-0.2, 0) is 20.8 Å². The molecule has 0 fully saturated rings. The van der Waals surface area contributed by atoms with E-state index in [1.54, 1.807) is 30.5 Å². The number of hydrogen-bond donors (Lipinski definition) is 6. The summed E-state index contributed by atoms with van der Waals surface area (Å²) >= 11 is 0. The van der Waals surface area contributed by atoms with Gasteiger partial charge in [-0.25, -0.2) is 19.1 Å². The predicted molar refractivity (Wildman–Crippen MR) is 134 cm³/mol. The maximum Gasteiger partial charge on any atom is 0.342 e. The third kappa shape index (κ3) is 9.94. The molecule has 6 N–H and O–H groups in total. The maximum atomic E-state index is 12.4. The fraction of sp³-hybridized carbons (Fsp3) is 0.458. The number of unbranched alkanes of at least 4 members (excludes halogenated alkanes) is 1. The smallest absolute Gasteiger partial charge is 0.342 e. The van der Waals surface area contributed by atoms with Gasteiger partial charge in [-0.2, -0.15) is 5.06 Å². The Hall–Kier alpha value is -4.60. The van der Waals surface area contributed by atoms with E-state index in [0.717, 1.165) is 0 Å². The van der Waals surface area contributed by atoms with Crippen LogP contribution in [-0.4, -0.2) is 95.7 Å². The number of nitrogens with one attached hydrogen (secondary N) is 2. The number of alkyl halides is 1. The molecule has 2 aromatic rings. The number of nitrogens with zero attached hydrogens (tertiary/aromatic N) is 4. The minimum atomic E-state index is -1.70. The number of rotatable bonds is 17. The molecule has 218 valence electrons. The van der Waals surface area contributed by atoms with Crippen LogP contribution in [0.2, 0.25) is 0 Å². The average molecular weight is 567 g/mol. The summed E-state index contributed by atoms with van der Waals surface area (Å²) in [6.07, 6.45) is 1.75. The van der Waals surface area contributed by atoms with E-state index in [1.165, 1.54) is 4.68 Å². The van der Waals surface area contributed by atoms with Gasteiger partial charge < -0.3 is 26.0 Å². The third-order valence-corrected chi connectivity index (χ3v) is 5.72. The van der Waals surface area contributed by atoms with Gasteiger partial charge in [0.05, 0.1) is 24.3 Å². The highest BCUT2D eigenvalue weighted by Crippen LogP contribution is 2.12. The summed E-state index contributed by atoms with van der Waals surface area (Å²) in [6, 6.07) is 1.75. The van der Waals surface area contributed by atoms with Crippen LogP contribution in [0, 0.1) is 0 Å². The number of aliphatic carboxylic acids is 3. The first kappa shape index (κ1) is 31.6. The molecule has 1 aromatic heterocycles. The van der Waals surface area contributed by atoms with Gasteiger partial charge in [0.1, 0.15) is 6.04 Å².